The fourth-order valence-electron chi connectivity index (χ4n) is 3.78. The molecule has 15 heteroatoms. The molecule has 0 aromatic heterocycles. The summed E-state index contributed by atoms with van der Waals surface area (Å²) < 4.78 is 26.1. The van der Waals surface area contributed by atoms with Gasteiger partial charge in [-0.1, -0.05) is 12.8 Å². The van der Waals surface area contributed by atoms with Gasteiger partial charge >= 0.3 is 30.5 Å². The number of hydrogen-bond acceptors (Lipinski definition) is 10. The molecule has 0 rings (SSSR count). The second-order valence-corrected chi connectivity index (χ2v) is 17.3. The van der Waals surface area contributed by atoms with E-state index in [1.807, 2.05) is 62.3 Å². The number of rotatable bonds is 15. The van der Waals surface area contributed by atoms with Gasteiger partial charge in [-0.2, -0.15) is 0 Å². The van der Waals surface area contributed by atoms with Crippen molar-refractivity contribution in [1.29, 1.82) is 0 Å². The van der Waals surface area contributed by atoms with Gasteiger partial charge in [-0.25, -0.2) is 24.0 Å². The van der Waals surface area contributed by atoms with Crippen LogP contribution in [0.25, 0.3) is 0 Å². The minimum absolute atomic E-state index is 0.355. The summed E-state index contributed by atoms with van der Waals surface area (Å²) in [6.45, 7) is 30.1. The van der Waals surface area contributed by atoms with E-state index in [9.17, 15) is 24.0 Å². The molecule has 4 N–H and O–H groups in total. The Balaban J connectivity index is 0. The monoisotopic (exact) mass is 748 g/mol. The maximum Gasteiger partial charge on any atom is 0.410 e. The maximum absolute atomic E-state index is 12.6. The molecule has 0 aliphatic rings. The number of hydrogen-bond donors (Lipinski definition) is 4. The van der Waals surface area contributed by atoms with Crippen LogP contribution in [0.1, 0.15) is 142 Å². The molecule has 0 aliphatic heterocycles. The highest BCUT2D eigenvalue weighted by atomic mass is 16.6. The third-order valence-corrected chi connectivity index (χ3v) is 5.64. The number of carbonyl (C=O) groups is 5. The van der Waals surface area contributed by atoms with Crippen LogP contribution in [0.2, 0.25) is 0 Å². The largest absolute Gasteiger partial charge is 0.444 e. The van der Waals surface area contributed by atoms with E-state index in [1.54, 1.807) is 46.4 Å². The van der Waals surface area contributed by atoms with Gasteiger partial charge in [-0.3, -0.25) is 0 Å². The quantitative estimate of drug-likeness (QED) is 0.0959. The van der Waals surface area contributed by atoms with E-state index in [2.05, 4.69) is 21.3 Å². The summed E-state index contributed by atoms with van der Waals surface area (Å²) in [6.07, 6.45) is 2.59. The van der Waals surface area contributed by atoms with Crippen LogP contribution in [0.3, 0.4) is 0 Å². The summed E-state index contributed by atoms with van der Waals surface area (Å²) in [7, 11) is 0. The second kappa shape index (κ2) is 23.8. The Morgan fingerprint density at radius 2 is 0.635 bits per heavy atom. The Kier molecular flexibility index (Phi) is 23.1. The molecule has 15 nitrogen and oxygen atoms in total. The van der Waals surface area contributed by atoms with Crippen molar-refractivity contribution in [2.75, 3.05) is 39.3 Å². The van der Waals surface area contributed by atoms with Crippen molar-refractivity contribution in [1.82, 2.24) is 26.2 Å². The first-order valence-electron chi connectivity index (χ1n) is 18.3. The van der Waals surface area contributed by atoms with E-state index in [0.29, 0.717) is 52.1 Å². The van der Waals surface area contributed by atoms with Crippen molar-refractivity contribution in [3.63, 3.8) is 0 Å². The molecular formula is C37H73N5O10. The normalized spacial score (nSPS) is 11.9. The average molecular weight is 748 g/mol. The molecule has 0 radical (unpaired) electrons. The van der Waals surface area contributed by atoms with E-state index in [4.69, 9.17) is 23.7 Å². The maximum atomic E-state index is 12.6. The van der Waals surface area contributed by atoms with Gasteiger partial charge in [0.2, 0.25) is 0 Å². The lowest BCUT2D eigenvalue weighted by molar-refractivity contribution is 0.0243. The number of nitrogens with zero attached hydrogens (tertiary/aromatic N) is 1. The summed E-state index contributed by atoms with van der Waals surface area (Å²) >= 11 is 0. The van der Waals surface area contributed by atoms with Gasteiger partial charge in [0.25, 0.3) is 0 Å². The van der Waals surface area contributed by atoms with E-state index >= 15 is 0 Å². The Hall–Kier alpha value is -3.65. The van der Waals surface area contributed by atoms with Crippen molar-refractivity contribution in [3.8, 4) is 0 Å². The van der Waals surface area contributed by atoms with Crippen LogP contribution in [0, 0.1) is 0 Å². The first-order valence-corrected chi connectivity index (χ1v) is 18.3. The summed E-state index contributed by atoms with van der Waals surface area (Å²) in [6, 6.07) is 0. The average Bonchev–Trinajstić information content (AvgIpc) is 2.88. The fourth-order valence-corrected chi connectivity index (χ4v) is 3.78. The van der Waals surface area contributed by atoms with E-state index < -0.39 is 52.4 Å². The molecule has 0 bridgehead atoms. The Bertz CT molecular complexity index is 1040. The fraction of sp³-hybridized carbons (Fsp3) is 0.865. The van der Waals surface area contributed by atoms with Crippen LogP contribution in [0.5, 0.6) is 0 Å². The van der Waals surface area contributed by atoms with E-state index in [0.717, 1.165) is 25.7 Å². The molecule has 0 saturated carbocycles. The molecule has 0 aromatic carbocycles. The van der Waals surface area contributed by atoms with Crippen LogP contribution in [0.15, 0.2) is 0 Å². The Morgan fingerprint density at radius 3 is 0.962 bits per heavy atom. The van der Waals surface area contributed by atoms with Gasteiger partial charge in [0.1, 0.15) is 28.0 Å². The molecular weight excluding hydrogens is 674 g/mol. The summed E-state index contributed by atoms with van der Waals surface area (Å²) in [5.41, 5.74) is -2.62. The topological polar surface area (TPSA) is 183 Å². The first-order chi connectivity index (χ1) is 23.5. The zero-order valence-corrected chi connectivity index (χ0v) is 35.0. The number of alkyl carbamates (subject to hydrolysis) is 4. The Morgan fingerprint density at radius 1 is 0.365 bits per heavy atom. The molecule has 0 heterocycles. The summed E-state index contributed by atoms with van der Waals surface area (Å²) in [5, 5.41) is 10.7. The highest BCUT2D eigenvalue weighted by Crippen LogP contribution is 2.13. The van der Waals surface area contributed by atoms with Crippen molar-refractivity contribution >= 4 is 30.5 Å². The second-order valence-electron chi connectivity index (χ2n) is 17.3. The lowest BCUT2D eigenvalue weighted by atomic mass is 10.2. The molecule has 52 heavy (non-hydrogen) atoms. The molecule has 0 atom stereocenters. The predicted molar refractivity (Wildman–Crippen MR) is 202 cm³/mol. The van der Waals surface area contributed by atoms with E-state index in [1.165, 1.54) is 0 Å². The highest BCUT2D eigenvalue weighted by molar-refractivity contribution is 5.69. The molecule has 0 saturated heterocycles. The Labute approximate surface area is 313 Å². The van der Waals surface area contributed by atoms with Crippen molar-refractivity contribution < 1.29 is 47.7 Å². The SMILES string of the molecule is CC(C)(C)OC(=O)NCCCCCCN(CCCNC(=O)OC(C)(C)C)C(=O)OC(C)(C)C.CC(C)(C)OC(=O)NCCCNC(=O)OC(C)(C)C. The van der Waals surface area contributed by atoms with Crippen LogP contribution in [0.4, 0.5) is 24.0 Å². The van der Waals surface area contributed by atoms with Crippen molar-refractivity contribution in [2.24, 2.45) is 0 Å². The third-order valence-electron chi connectivity index (χ3n) is 5.64. The minimum atomic E-state index is -0.572. The number of carbonyl (C=O) groups excluding carboxylic acids is 5. The van der Waals surface area contributed by atoms with Gasteiger partial charge in [-0.15, -0.1) is 0 Å². The minimum Gasteiger partial charge on any atom is -0.444 e. The number of nitrogens with one attached hydrogen (secondary N) is 4. The standard InChI is InChI=1S/C24H47N3O6.C13H26N2O4/c1-22(2,3)31-19(28)25-15-12-10-11-13-17-27(21(30)33-24(7,8)9)18-14-16-26-20(29)32-23(4,5)6;1-12(2,3)18-10(16)14-8-7-9-15-11(17)19-13(4,5)6/h10-18H2,1-9H3,(H,25,28)(H,26,29);7-9H2,1-6H3,(H,14,16)(H,15,17). The summed E-state index contributed by atoms with van der Waals surface area (Å²) in [5.74, 6) is 0. The number of unbranched alkanes of at least 4 members (excludes halogenated alkanes) is 3. The van der Waals surface area contributed by atoms with Crippen molar-refractivity contribution in [3.05, 3.63) is 0 Å². The van der Waals surface area contributed by atoms with Crippen LogP contribution in [-0.2, 0) is 23.7 Å². The molecule has 5 amide bonds. The molecule has 0 fully saturated rings. The lowest BCUT2D eigenvalue weighted by Gasteiger charge is -2.27. The zero-order valence-electron chi connectivity index (χ0n) is 35.0. The van der Waals surface area contributed by atoms with Gasteiger partial charge < -0.3 is 49.9 Å². The lowest BCUT2D eigenvalue weighted by Crippen LogP contribution is -2.39. The van der Waals surface area contributed by atoms with Gasteiger partial charge in [0, 0.05) is 39.3 Å². The van der Waals surface area contributed by atoms with Gasteiger partial charge in [0.05, 0.1) is 0 Å². The third kappa shape index (κ3) is 37.6. The molecule has 0 aliphatic carbocycles. The highest BCUT2D eigenvalue weighted by Gasteiger charge is 2.22. The predicted octanol–water partition coefficient (Wildman–Crippen LogP) is 7.65. The molecule has 306 valence electrons. The van der Waals surface area contributed by atoms with Crippen LogP contribution < -0.4 is 21.3 Å². The zero-order chi connectivity index (χ0) is 40.8. The van der Waals surface area contributed by atoms with E-state index in [-0.39, 0.29) is 6.09 Å². The van der Waals surface area contributed by atoms with Crippen LogP contribution in [-0.4, -0.2) is 103 Å². The smallest absolute Gasteiger partial charge is 0.410 e. The molecule has 0 unspecified atom stereocenters. The summed E-state index contributed by atoms with van der Waals surface area (Å²) in [4.78, 5) is 60.2. The number of amides is 5. The molecule has 0 spiro atoms. The molecule has 0 aromatic rings. The number of ether oxygens (including phenoxy) is 5. The first kappa shape index (κ1) is 50.5. The van der Waals surface area contributed by atoms with Gasteiger partial charge in [-0.05, 0) is 130 Å². The van der Waals surface area contributed by atoms with Crippen LogP contribution >= 0.6 is 0 Å². The van der Waals surface area contributed by atoms with Gasteiger partial charge in [0.15, 0.2) is 0 Å². The van der Waals surface area contributed by atoms with Crippen molar-refractivity contribution in [2.45, 2.75) is 170 Å².